The van der Waals surface area contributed by atoms with Crippen LogP contribution in [0.4, 0.5) is 0 Å². The molecule has 2 aliphatic rings. The van der Waals surface area contributed by atoms with Crippen molar-refractivity contribution in [3.8, 4) is 5.75 Å². The summed E-state index contributed by atoms with van der Waals surface area (Å²) < 4.78 is 5.20. The number of aryl methyl sites for hydroxylation is 1. The molecule has 186 valence electrons. The van der Waals surface area contributed by atoms with Crippen LogP contribution in [0.25, 0.3) is 0 Å². The molecule has 0 radical (unpaired) electrons. The summed E-state index contributed by atoms with van der Waals surface area (Å²) in [6, 6.07) is 14.4. The number of carboxylic acids is 1. The van der Waals surface area contributed by atoms with Crippen LogP contribution in [0, 0.1) is 6.92 Å². The van der Waals surface area contributed by atoms with E-state index in [1.54, 1.807) is 12.1 Å². The first kappa shape index (κ1) is 24.9. The van der Waals surface area contributed by atoms with Gasteiger partial charge in [-0.2, -0.15) is 0 Å². The van der Waals surface area contributed by atoms with E-state index < -0.39 is 18.0 Å². The lowest BCUT2D eigenvalue weighted by atomic mass is 9.88. The fraction of sp³-hybridized carbons (Fsp3) is 0.444. The molecule has 4 rings (SSSR count). The van der Waals surface area contributed by atoms with Gasteiger partial charge in [0.1, 0.15) is 11.8 Å². The first-order valence-electron chi connectivity index (χ1n) is 12.2. The maximum Gasteiger partial charge on any atom is 0.321 e. The molecular weight excluding hydrogens is 446 g/mol. The molecule has 8 nitrogen and oxygen atoms in total. The van der Waals surface area contributed by atoms with Crippen LogP contribution in [0.1, 0.15) is 48.3 Å². The number of hydrogen-bond acceptors (Lipinski definition) is 6. The third-order valence-corrected chi connectivity index (χ3v) is 7.02. The summed E-state index contributed by atoms with van der Waals surface area (Å²) in [6.07, 6.45) is 2.43. The lowest BCUT2D eigenvalue weighted by Gasteiger charge is -2.35. The molecule has 0 aliphatic carbocycles. The summed E-state index contributed by atoms with van der Waals surface area (Å²) in [7, 11) is 0. The van der Waals surface area contributed by atoms with E-state index in [1.165, 1.54) is 16.7 Å². The quantitative estimate of drug-likeness (QED) is 0.442. The molecule has 2 aromatic rings. The molecule has 0 bridgehead atoms. The maximum absolute atomic E-state index is 13.1. The molecular formula is C27H33N3O5. The second kappa shape index (κ2) is 11.0. The summed E-state index contributed by atoms with van der Waals surface area (Å²) in [5, 5.41) is 8.80. The Bertz CT molecular complexity index is 1050. The van der Waals surface area contributed by atoms with Gasteiger partial charge >= 0.3 is 11.9 Å². The maximum atomic E-state index is 13.1. The molecule has 1 unspecified atom stereocenters. The third-order valence-electron chi connectivity index (χ3n) is 7.02. The SMILES string of the molecule is Cc1ccc(CN2CC[C@@H](N3CCC(c4ccc(OC(=O)CC(N)C(=O)O)cc4)CC3)C2=O)cc1. The monoisotopic (exact) mass is 479 g/mol. The number of amides is 1. The van der Waals surface area contributed by atoms with Gasteiger partial charge in [-0.1, -0.05) is 42.0 Å². The molecule has 2 heterocycles. The molecule has 2 fully saturated rings. The van der Waals surface area contributed by atoms with Crippen molar-refractivity contribution in [2.75, 3.05) is 19.6 Å². The molecule has 0 aromatic heterocycles. The van der Waals surface area contributed by atoms with E-state index in [4.69, 9.17) is 15.6 Å². The van der Waals surface area contributed by atoms with E-state index >= 15 is 0 Å². The normalized spacial score (nSPS) is 20.1. The van der Waals surface area contributed by atoms with Crippen LogP contribution in [0.3, 0.4) is 0 Å². The lowest BCUT2D eigenvalue weighted by Crippen LogP contribution is -2.45. The third kappa shape index (κ3) is 6.26. The number of aliphatic carboxylic acids is 1. The van der Waals surface area contributed by atoms with Crippen LogP contribution in [-0.4, -0.2) is 64.5 Å². The smallest absolute Gasteiger partial charge is 0.321 e. The summed E-state index contributed by atoms with van der Waals surface area (Å²) in [6.45, 7) is 5.29. The minimum Gasteiger partial charge on any atom is -0.480 e. The number of ether oxygens (including phenoxy) is 1. The Morgan fingerprint density at radius 3 is 2.31 bits per heavy atom. The number of esters is 1. The summed E-state index contributed by atoms with van der Waals surface area (Å²) in [5.41, 5.74) is 8.94. The average Bonchev–Trinajstić information content (AvgIpc) is 3.21. The molecule has 2 saturated heterocycles. The molecule has 2 aromatic carbocycles. The van der Waals surface area contributed by atoms with Crippen LogP contribution in [0.5, 0.6) is 5.75 Å². The highest BCUT2D eigenvalue weighted by atomic mass is 16.5. The highest BCUT2D eigenvalue weighted by Gasteiger charge is 2.37. The minimum absolute atomic E-state index is 0.0274. The van der Waals surface area contributed by atoms with Crippen molar-refractivity contribution in [1.29, 1.82) is 0 Å². The number of benzene rings is 2. The zero-order valence-corrected chi connectivity index (χ0v) is 20.1. The Kier molecular flexibility index (Phi) is 7.83. The Labute approximate surface area is 205 Å². The summed E-state index contributed by atoms with van der Waals surface area (Å²) in [5.74, 6) is -0.908. The average molecular weight is 480 g/mol. The van der Waals surface area contributed by atoms with Gasteiger partial charge in [0.05, 0.1) is 12.5 Å². The Hall–Kier alpha value is -3.23. The van der Waals surface area contributed by atoms with E-state index in [2.05, 4.69) is 36.1 Å². The summed E-state index contributed by atoms with van der Waals surface area (Å²) >= 11 is 0. The fourth-order valence-electron chi connectivity index (χ4n) is 4.92. The van der Waals surface area contributed by atoms with Gasteiger partial charge in [0.15, 0.2) is 0 Å². The van der Waals surface area contributed by atoms with E-state index in [1.807, 2.05) is 17.0 Å². The van der Waals surface area contributed by atoms with Crippen molar-refractivity contribution in [3.63, 3.8) is 0 Å². The molecule has 2 atom stereocenters. The van der Waals surface area contributed by atoms with E-state index in [0.29, 0.717) is 18.2 Å². The zero-order valence-electron chi connectivity index (χ0n) is 20.1. The minimum atomic E-state index is -1.27. The molecule has 35 heavy (non-hydrogen) atoms. The van der Waals surface area contributed by atoms with Crippen LogP contribution in [0.15, 0.2) is 48.5 Å². The molecule has 8 heteroatoms. The van der Waals surface area contributed by atoms with Crippen LogP contribution < -0.4 is 10.5 Å². The number of carboxylic acid groups (broad SMARTS) is 1. The van der Waals surface area contributed by atoms with Gasteiger partial charge in [0.2, 0.25) is 5.91 Å². The largest absolute Gasteiger partial charge is 0.480 e. The van der Waals surface area contributed by atoms with Gasteiger partial charge in [-0.25, -0.2) is 0 Å². The lowest BCUT2D eigenvalue weighted by molar-refractivity contribution is -0.143. The molecule has 3 N–H and O–H groups in total. The van der Waals surface area contributed by atoms with Crippen LogP contribution >= 0.6 is 0 Å². The van der Waals surface area contributed by atoms with Crippen molar-refractivity contribution in [2.24, 2.45) is 5.73 Å². The van der Waals surface area contributed by atoms with Crippen LogP contribution in [0.2, 0.25) is 0 Å². The predicted octanol–water partition coefficient (Wildman–Crippen LogP) is 2.68. The second-order valence-corrected chi connectivity index (χ2v) is 9.55. The predicted molar refractivity (Wildman–Crippen MR) is 131 cm³/mol. The van der Waals surface area contributed by atoms with Crippen molar-refractivity contribution < 1.29 is 24.2 Å². The number of rotatable bonds is 8. The van der Waals surface area contributed by atoms with E-state index in [0.717, 1.165) is 38.9 Å². The highest BCUT2D eigenvalue weighted by molar-refractivity contribution is 5.84. The van der Waals surface area contributed by atoms with Crippen molar-refractivity contribution in [1.82, 2.24) is 9.80 Å². The zero-order chi connectivity index (χ0) is 24.9. The molecule has 0 saturated carbocycles. The van der Waals surface area contributed by atoms with Crippen molar-refractivity contribution in [3.05, 3.63) is 65.2 Å². The Morgan fingerprint density at radius 2 is 1.69 bits per heavy atom. The molecule has 1 amide bonds. The van der Waals surface area contributed by atoms with Crippen LogP contribution in [-0.2, 0) is 20.9 Å². The fourth-order valence-corrected chi connectivity index (χ4v) is 4.92. The number of hydrogen-bond donors (Lipinski definition) is 2. The Balaban J connectivity index is 1.25. The number of piperidine rings is 1. The topological polar surface area (TPSA) is 113 Å². The highest BCUT2D eigenvalue weighted by Crippen LogP contribution is 2.32. The van der Waals surface area contributed by atoms with E-state index in [-0.39, 0.29) is 18.4 Å². The number of nitrogens with zero attached hydrogens (tertiary/aromatic N) is 2. The standard InChI is InChI=1S/C27H33N3O5/c1-18-2-4-19(5-3-18)17-30-15-12-24(26(30)32)29-13-10-21(11-14-29)20-6-8-22(9-7-20)35-25(31)16-23(28)27(33)34/h2-9,21,23-24H,10-17,28H2,1H3,(H,33,34)/t23?,24-/m1/s1. The van der Waals surface area contributed by atoms with Gasteiger partial charge in [-0.3, -0.25) is 19.3 Å². The second-order valence-electron chi connectivity index (χ2n) is 9.55. The first-order valence-corrected chi connectivity index (χ1v) is 12.2. The van der Waals surface area contributed by atoms with Gasteiger partial charge in [0, 0.05) is 13.1 Å². The molecule has 0 spiro atoms. The molecule has 2 aliphatic heterocycles. The number of nitrogens with two attached hydrogens (primary N) is 1. The van der Waals surface area contributed by atoms with E-state index in [9.17, 15) is 14.4 Å². The summed E-state index contributed by atoms with van der Waals surface area (Å²) in [4.78, 5) is 40.0. The van der Waals surface area contributed by atoms with Gasteiger partial charge in [0.25, 0.3) is 0 Å². The number of likely N-dealkylation sites (tertiary alicyclic amines) is 2. The van der Waals surface area contributed by atoms with Crippen molar-refractivity contribution >= 4 is 17.8 Å². The number of carbonyl (C=O) groups is 3. The van der Waals surface area contributed by atoms with Gasteiger partial charge < -0.3 is 20.5 Å². The number of carbonyl (C=O) groups excluding carboxylic acids is 2. The van der Waals surface area contributed by atoms with Gasteiger partial charge in [-0.05, 0) is 68.5 Å². The van der Waals surface area contributed by atoms with Crippen molar-refractivity contribution in [2.45, 2.75) is 57.2 Å². The first-order chi connectivity index (χ1) is 16.8. The van der Waals surface area contributed by atoms with Gasteiger partial charge in [-0.15, -0.1) is 0 Å². The Morgan fingerprint density at radius 1 is 1.03 bits per heavy atom.